The van der Waals surface area contributed by atoms with Gasteiger partial charge in [0, 0.05) is 17.1 Å². The summed E-state index contributed by atoms with van der Waals surface area (Å²) in [4.78, 5) is 0.345. The SMILES string of the molecule is CCC(C)C(C)NS(=O)(=O)c1cc(CNC)cc(Br)c1C. The fourth-order valence-corrected chi connectivity index (χ4v) is 4.38. The van der Waals surface area contributed by atoms with Gasteiger partial charge in [0.2, 0.25) is 10.0 Å². The molecule has 0 aliphatic heterocycles. The van der Waals surface area contributed by atoms with Crippen molar-refractivity contribution in [3.63, 3.8) is 0 Å². The predicted molar refractivity (Wildman–Crippen MR) is 90.9 cm³/mol. The lowest BCUT2D eigenvalue weighted by Gasteiger charge is -2.21. The van der Waals surface area contributed by atoms with Crippen LogP contribution in [0.5, 0.6) is 0 Å². The van der Waals surface area contributed by atoms with Gasteiger partial charge in [0.05, 0.1) is 4.90 Å². The highest BCUT2D eigenvalue weighted by Gasteiger charge is 2.23. The van der Waals surface area contributed by atoms with E-state index >= 15 is 0 Å². The van der Waals surface area contributed by atoms with Crippen molar-refractivity contribution in [2.24, 2.45) is 5.92 Å². The molecule has 0 radical (unpaired) electrons. The first kappa shape index (κ1) is 18.6. The van der Waals surface area contributed by atoms with Gasteiger partial charge in [-0.15, -0.1) is 0 Å². The van der Waals surface area contributed by atoms with E-state index in [2.05, 4.69) is 32.9 Å². The van der Waals surface area contributed by atoms with Crippen molar-refractivity contribution < 1.29 is 8.42 Å². The molecule has 4 nitrogen and oxygen atoms in total. The van der Waals surface area contributed by atoms with Crippen LogP contribution in [0, 0.1) is 12.8 Å². The highest BCUT2D eigenvalue weighted by Crippen LogP contribution is 2.26. The number of rotatable bonds is 7. The number of hydrogen-bond donors (Lipinski definition) is 2. The second-order valence-electron chi connectivity index (χ2n) is 5.53. The third kappa shape index (κ3) is 4.77. The lowest BCUT2D eigenvalue weighted by Crippen LogP contribution is -2.37. The molecule has 1 rings (SSSR count). The molecule has 2 atom stereocenters. The van der Waals surface area contributed by atoms with Crippen molar-refractivity contribution in [3.05, 3.63) is 27.7 Å². The van der Waals surface area contributed by atoms with E-state index in [1.54, 1.807) is 6.07 Å². The Kier molecular flexibility index (Phi) is 6.84. The van der Waals surface area contributed by atoms with Crippen LogP contribution in [-0.4, -0.2) is 21.5 Å². The van der Waals surface area contributed by atoms with Crippen LogP contribution in [-0.2, 0) is 16.6 Å². The minimum Gasteiger partial charge on any atom is -0.316 e. The summed E-state index contributed by atoms with van der Waals surface area (Å²) >= 11 is 3.45. The van der Waals surface area contributed by atoms with Gasteiger partial charge in [0.25, 0.3) is 0 Å². The highest BCUT2D eigenvalue weighted by molar-refractivity contribution is 9.10. The lowest BCUT2D eigenvalue weighted by atomic mass is 10.0. The van der Waals surface area contributed by atoms with Crippen LogP contribution in [0.3, 0.4) is 0 Å². The quantitative estimate of drug-likeness (QED) is 0.767. The van der Waals surface area contributed by atoms with Gasteiger partial charge < -0.3 is 5.32 Å². The van der Waals surface area contributed by atoms with E-state index in [9.17, 15) is 8.42 Å². The van der Waals surface area contributed by atoms with Gasteiger partial charge in [-0.2, -0.15) is 0 Å². The summed E-state index contributed by atoms with van der Waals surface area (Å²) in [5, 5.41) is 3.04. The standard InChI is InChI=1S/C15H25BrN2O2S/c1-6-10(2)12(4)18-21(19,20)15-8-13(9-17-5)7-14(16)11(15)3/h7-8,10,12,17-18H,6,9H2,1-5H3. The molecule has 0 heterocycles. The molecule has 120 valence electrons. The van der Waals surface area contributed by atoms with E-state index in [1.807, 2.05) is 33.9 Å². The van der Waals surface area contributed by atoms with E-state index < -0.39 is 10.0 Å². The summed E-state index contributed by atoms with van der Waals surface area (Å²) in [6.45, 7) is 8.46. The van der Waals surface area contributed by atoms with Gasteiger partial charge in [0.1, 0.15) is 0 Å². The molecule has 0 spiro atoms. The maximum atomic E-state index is 12.6. The smallest absolute Gasteiger partial charge is 0.241 e. The average Bonchev–Trinajstić information content (AvgIpc) is 2.41. The van der Waals surface area contributed by atoms with Crippen molar-refractivity contribution >= 4 is 26.0 Å². The Balaban J connectivity index is 3.18. The molecule has 1 aromatic rings. The number of sulfonamides is 1. The highest BCUT2D eigenvalue weighted by atomic mass is 79.9. The van der Waals surface area contributed by atoms with E-state index in [1.165, 1.54) is 0 Å². The molecule has 0 aliphatic rings. The molecule has 0 amide bonds. The second-order valence-corrected chi connectivity index (χ2v) is 8.06. The molecule has 0 saturated carbocycles. The summed E-state index contributed by atoms with van der Waals surface area (Å²) in [7, 11) is -1.68. The lowest BCUT2D eigenvalue weighted by molar-refractivity contribution is 0.434. The molecule has 0 aromatic heterocycles. The molecular formula is C15H25BrN2O2S. The topological polar surface area (TPSA) is 58.2 Å². The van der Waals surface area contributed by atoms with E-state index in [0.717, 1.165) is 22.0 Å². The van der Waals surface area contributed by atoms with Gasteiger partial charge in [0.15, 0.2) is 0 Å². The Morgan fingerprint density at radius 2 is 1.90 bits per heavy atom. The first-order chi connectivity index (χ1) is 9.72. The van der Waals surface area contributed by atoms with Crippen LogP contribution in [0.15, 0.2) is 21.5 Å². The molecule has 2 unspecified atom stereocenters. The summed E-state index contributed by atoms with van der Waals surface area (Å²) in [5.74, 6) is 0.295. The van der Waals surface area contributed by atoms with E-state index in [4.69, 9.17) is 0 Å². The number of halogens is 1. The zero-order chi connectivity index (χ0) is 16.2. The minimum atomic E-state index is -3.52. The summed E-state index contributed by atoms with van der Waals surface area (Å²) in [5.41, 5.74) is 1.67. The van der Waals surface area contributed by atoms with Crippen LogP contribution in [0.2, 0.25) is 0 Å². The van der Waals surface area contributed by atoms with Crippen LogP contribution in [0.1, 0.15) is 38.3 Å². The first-order valence-electron chi connectivity index (χ1n) is 7.18. The van der Waals surface area contributed by atoms with Crippen molar-refractivity contribution in [1.82, 2.24) is 10.0 Å². The third-order valence-electron chi connectivity index (χ3n) is 3.87. The fraction of sp³-hybridized carbons (Fsp3) is 0.600. The van der Waals surface area contributed by atoms with E-state index in [-0.39, 0.29) is 6.04 Å². The van der Waals surface area contributed by atoms with Crippen molar-refractivity contribution in [2.45, 2.75) is 51.6 Å². The second kappa shape index (κ2) is 7.72. The third-order valence-corrected chi connectivity index (χ3v) is 6.37. The normalized spacial score (nSPS) is 15.0. The molecule has 0 saturated heterocycles. The average molecular weight is 377 g/mol. The number of nitrogens with one attached hydrogen (secondary N) is 2. The zero-order valence-corrected chi connectivity index (χ0v) is 15.7. The van der Waals surface area contributed by atoms with Crippen LogP contribution >= 0.6 is 15.9 Å². The van der Waals surface area contributed by atoms with Gasteiger partial charge in [-0.3, -0.25) is 0 Å². The molecule has 6 heteroatoms. The van der Waals surface area contributed by atoms with Crippen molar-refractivity contribution in [1.29, 1.82) is 0 Å². The predicted octanol–water partition coefficient (Wildman–Crippen LogP) is 3.19. The van der Waals surface area contributed by atoms with Gasteiger partial charge in [-0.25, -0.2) is 13.1 Å². The minimum absolute atomic E-state index is 0.0915. The van der Waals surface area contributed by atoms with Crippen LogP contribution < -0.4 is 10.0 Å². The monoisotopic (exact) mass is 376 g/mol. The summed E-state index contributed by atoms with van der Waals surface area (Å²) < 4.78 is 28.9. The zero-order valence-electron chi connectivity index (χ0n) is 13.3. The molecule has 1 aromatic carbocycles. The van der Waals surface area contributed by atoms with Gasteiger partial charge >= 0.3 is 0 Å². The Labute approximate surface area is 136 Å². The van der Waals surface area contributed by atoms with E-state index in [0.29, 0.717) is 17.4 Å². The number of hydrogen-bond acceptors (Lipinski definition) is 3. The number of benzene rings is 1. The first-order valence-corrected chi connectivity index (χ1v) is 9.46. The van der Waals surface area contributed by atoms with Gasteiger partial charge in [-0.1, -0.05) is 36.2 Å². The largest absolute Gasteiger partial charge is 0.316 e. The molecule has 21 heavy (non-hydrogen) atoms. The Morgan fingerprint density at radius 1 is 1.29 bits per heavy atom. The maximum absolute atomic E-state index is 12.6. The van der Waals surface area contributed by atoms with Crippen LogP contribution in [0.4, 0.5) is 0 Å². The Morgan fingerprint density at radius 3 is 2.43 bits per heavy atom. The molecule has 2 N–H and O–H groups in total. The molecule has 0 aliphatic carbocycles. The summed E-state index contributed by atoms with van der Waals surface area (Å²) in [6.07, 6.45) is 0.937. The molecule has 0 fully saturated rings. The Hall–Kier alpha value is -0.430. The van der Waals surface area contributed by atoms with Crippen LogP contribution in [0.25, 0.3) is 0 Å². The van der Waals surface area contributed by atoms with Crippen molar-refractivity contribution in [2.75, 3.05) is 7.05 Å². The molecular weight excluding hydrogens is 352 g/mol. The Bertz CT molecular complexity index is 588. The fourth-order valence-electron chi connectivity index (χ4n) is 2.07. The summed E-state index contributed by atoms with van der Waals surface area (Å²) in [6, 6.07) is 3.59. The van der Waals surface area contributed by atoms with Gasteiger partial charge in [-0.05, 0) is 50.1 Å². The van der Waals surface area contributed by atoms with Crippen molar-refractivity contribution in [3.8, 4) is 0 Å². The molecule has 0 bridgehead atoms. The maximum Gasteiger partial charge on any atom is 0.241 e.